The van der Waals surface area contributed by atoms with E-state index in [2.05, 4.69) is 55.4 Å². The number of fused-ring (bicyclic) bond motifs is 1. The minimum absolute atomic E-state index is 0.105. The van der Waals surface area contributed by atoms with Gasteiger partial charge in [0.05, 0.1) is 11.1 Å². The summed E-state index contributed by atoms with van der Waals surface area (Å²) < 4.78 is 0. The molecule has 0 saturated carbocycles. The fraction of sp³-hybridized carbons (Fsp3) is 0.333. The molecule has 1 heterocycles. The summed E-state index contributed by atoms with van der Waals surface area (Å²) in [6.07, 6.45) is 2.64. The Balaban J connectivity index is 1.74. The van der Waals surface area contributed by atoms with Crippen molar-refractivity contribution in [3.63, 3.8) is 0 Å². The number of amides is 1. The lowest BCUT2D eigenvalue weighted by Crippen LogP contribution is -2.45. The number of hydrogen-bond acceptors (Lipinski definition) is 5. The van der Waals surface area contributed by atoms with Crippen LogP contribution in [0.25, 0.3) is 0 Å². The van der Waals surface area contributed by atoms with Crippen molar-refractivity contribution in [3.05, 3.63) is 69.3 Å². The van der Waals surface area contributed by atoms with Crippen molar-refractivity contribution in [2.45, 2.75) is 38.6 Å². The number of hydrogen-bond donors (Lipinski definition) is 1. The number of nitrogens with zero attached hydrogens (tertiary/aromatic N) is 3. The van der Waals surface area contributed by atoms with Crippen LogP contribution in [0.2, 0.25) is 0 Å². The number of anilines is 1. The predicted octanol–water partition coefficient (Wildman–Crippen LogP) is 4.08. The lowest BCUT2D eigenvalue weighted by molar-refractivity contribution is -0.384. The molecule has 2 aromatic carbocycles. The van der Waals surface area contributed by atoms with Gasteiger partial charge in [0, 0.05) is 36.0 Å². The summed E-state index contributed by atoms with van der Waals surface area (Å²) in [5.41, 5.74) is 5.94. The second-order valence-corrected chi connectivity index (χ2v) is 7.80. The number of nitro groups is 1. The van der Waals surface area contributed by atoms with Crippen molar-refractivity contribution >= 4 is 23.5 Å². The molecule has 0 aliphatic carbocycles. The number of carbonyl (C=O) groups is 1. The van der Waals surface area contributed by atoms with Crippen LogP contribution in [0.15, 0.2) is 47.6 Å². The highest BCUT2D eigenvalue weighted by Gasteiger charge is 2.33. The summed E-state index contributed by atoms with van der Waals surface area (Å²) >= 11 is 0. The van der Waals surface area contributed by atoms with E-state index in [-0.39, 0.29) is 16.8 Å². The Kier molecular flexibility index (Phi) is 5.18. The highest BCUT2D eigenvalue weighted by atomic mass is 16.6. The van der Waals surface area contributed by atoms with Gasteiger partial charge in [-0.3, -0.25) is 14.9 Å². The second kappa shape index (κ2) is 7.42. The van der Waals surface area contributed by atoms with E-state index >= 15 is 0 Å². The number of nitro benzene ring substituents is 1. The van der Waals surface area contributed by atoms with Gasteiger partial charge in [0.25, 0.3) is 11.6 Å². The molecule has 1 aliphatic heterocycles. The highest BCUT2D eigenvalue weighted by Crippen LogP contribution is 2.42. The molecule has 7 heteroatoms. The molecule has 0 spiro atoms. The van der Waals surface area contributed by atoms with Gasteiger partial charge in [-0.05, 0) is 55.5 Å². The molecule has 0 aromatic heterocycles. The van der Waals surface area contributed by atoms with Crippen LogP contribution < -0.4 is 10.3 Å². The molecule has 7 nitrogen and oxygen atoms in total. The third-order valence-electron chi connectivity index (χ3n) is 5.36. The zero-order valence-electron chi connectivity index (χ0n) is 16.5. The topological polar surface area (TPSA) is 87.8 Å². The molecule has 2 aromatic rings. The molecule has 1 N–H and O–H groups in total. The van der Waals surface area contributed by atoms with Crippen molar-refractivity contribution in [2.24, 2.45) is 5.10 Å². The first-order chi connectivity index (χ1) is 13.2. The molecule has 1 amide bonds. The van der Waals surface area contributed by atoms with Gasteiger partial charge in [-0.25, -0.2) is 5.43 Å². The molecular weight excluding hydrogens is 356 g/mol. The Hall–Kier alpha value is -3.22. The number of hydrazone groups is 1. The lowest BCUT2D eigenvalue weighted by Gasteiger charge is -2.45. The van der Waals surface area contributed by atoms with Gasteiger partial charge in [0.15, 0.2) is 0 Å². The molecule has 0 radical (unpaired) electrons. The van der Waals surface area contributed by atoms with E-state index in [1.165, 1.54) is 35.5 Å². The molecule has 0 bridgehead atoms. The largest absolute Gasteiger partial charge is 0.369 e. The Morgan fingerprint density at radius 2 is 2.07 bits per heavy atom. The van der Waals surface area contributed by atoms with E-state index in [9.17, 15) is 14.9 Å². The van der Waals surface area contributed by atoms with Crippen LogP contribution in [0, 0.1) is 10.1 Å². The van der Waals surface area contributed by atoms with Gasteiger partial charge >= 0.3 is 0 Å². The number of non-ortho nitro benzene ring substituents is 1. The summed E-state index contributed by atoms with van der Waals surface area (Å²) in [6, 6.07) is 11.7. The van der Waals surface area contributed by atoms with Gasteiger partial charge in [-0.1, -0.05) is 19.1 Å². The standard InChI is InChI=1S/C21H24N4O3/c1-14-12-21(2,3)24(4)19-9-8-15(10-18(14)19)13-22-23-20(26)16-6-5-7-17(11-16)25(27)28/h5-11,13-14H,12H2,1-4H3,(H,23,26)/b22-13-/t14-/m0/s1. The maximum atomic E-state index is 12.2. The molecule has 28 heavy (non-hydrogen) atoms. The van der Waals surface area contributed by atoms with E-state index in [0.29, 0.717) is 5.92 Å². The second-order valence-electron chi connectivity index (χ2n) is 7.80. The van der Waals surface area contributed by atoms with Crippen LogP contribution in [-0.2, 0) is 0 Å². The SMILES string of the molecule is C[C@H]1CC(C)(C)N(C)c2ccc(/C=N\NC(=O)c3cccc([N+](=O)[O-])c3)cc21. The fourth-order valence-corrected chi connectivity index (χ4v) is 3.67. The first kappa shape index (κ1) is 19.5. The normalized spacial score (nSPS) is 18.0. The number of carbonyl (C=O) groups excluding carboxylic acids is 1. The number of nitrogens with one attached hydrogen (secondary N) is 1. The monoisotopic (exact) mass is 380 g/mol. The Morgan fingerprint density at radius 1 is 1.32 bits per heavy atom. The van der Waals surface area contributed by atoms with E-state index in [0.717, 1.165) is 12.0 Å². The van der Waals surface area contributed by atoms with Crippen LogP contribution in [0.3, 0.4) is 0 Å². The number of benzene rings is 2. The van der Waals surface area contributed by atoms with E-state index in [1.807, 2.05) is 6.07 Å². The molecule has 0 saturated heterocycles. The van der Waals surface area contributed by atoms with Crippen molar-refractivity contribution in [1.82, 2.24) is 5.43 Å². The van der Waals surface area contributed by atoms with Crippen molar-refractivity contribution in [3.8, 4) is 0 Å². The van der Waals surface area contributed by atoms with Crippen LogP contribution in [0.4, 0.5) is 11.4 Å². The maximum absolute atomic E-state index is 12.2. The van der Waals surface area contributed by atoms with E-state index in [4.69, 9.17) is 0 Å². The summed E-state index contributed by atoms with van der Waals surface area (Å²) in [4.78, 5) is 24.7. The predicted molar refractivity (Wildman–Crippen MR) is 110 cm³/mol. The quantitative estimate of drug-likeness (QED) is 0.492. The van der Waals surface area contributed by atoms with Gasteiger partial charge in [0.2, 0.25) is 0 Å². The third kappa shape index (κ3) is 3.88. The van der Waals surface area contributed by atoms with Crippen LogP contribution in [-0.4, -0.2) is 29.6 Å². The first-order valence-electron chi connectivity index (χ1n) is 9.15. The van der Waals surface area contributed by atoms with Gasteiger partial charge in [0.1, 0.15) is 0 Å². The summed E-state index contributed by atoms with van der Waals surface area (Å²) in [7, 11) is 2.11. The first-order valence-corrected chi connectivity index (χ1v) is 9.15. The van der Waals surface area contributed by atoms with Gasteiger partial charge in [-0.15, -0.1) is 0 Å². The van der Waals surface area contributed by atoms with E-state index in [1.54, 1.807) is 6.21 Å². The summed E-state index contributed by atoms with van der Waals surface area (Å²) in [5, 5.41) is 14.8. The smallest absolute Gasteiger partial charge is 0.271 e. The molecule has 146 valence electrons. The van der Waals surface area contributed by atoms with Crippen molar-refractivity contribution in [1.29, 1.82) is 0 Å². The molecule has 1 atom stereocenters. The zero-order valence-corrected chi connectivity index (χ0v) is 16.5. The molecule has 1 aliphatic rings. The average molecular weight is 380 g/mol. The Bertz CT molecular complexity index is 952. The molecule has 0 fully saturated rings. The maximum Gasteiger partial charge on any atom is 0.271 e. The Morgan fingerprint density at radius 3 is 2.79 bits per heavy atom. The molecule has 0 unspecified atom stereocenters. The molecular formula is C21H24N4O3. The van der Waals surface area contributed by atoms with E-state index < -0.39 is 10.8 Å². The lowest BCUT2D eigenvalue weighted by atomic mass is 9.80. The highest BCUT2D eigenvalue weighted by molar-refractivity contribution is 5.95. The third-order valence-corrected chi connectivity index (χ3v) is 5.36. The minimum Gasteiger partial charge on any atom is -0.369 e. The van der Waals surface area contributed by atoms with Crippen LogP contribution in [0.1, 0.15) is 54.6 Å². The summed E-state index contributed by atoms with van der Waals surface area (Å²) in [6.45, 7) is 6.70. The fourth-order valence-electron chi connectivity index (χ4n) is 3.67. The van der Waals surface area contributed by atoms with Crippen LogP contribution in [0.5, 0.6) is 0 Å². The Labute approximate surface area is 164 Å². The molecule has 3 rings (SSSR count). The summed E-state index contributed by atoms with van der Waals surface area (Å²) in [5.74, 6) is -0.0678. The zero-order chi connectivity index (χ0) is 20.5. The van der Waals surface area contributed by atoms with Crippen molar-refractivity contribution in [2.75, 3.05) is 11.9 Å². The number of rotatable bonds is 4. The van der Waals surface area contributed by atoms with Gasteiger partial charge in [-0.2, -0.15) is 5.10 Å². The van der Waals surface area contributed by atoms with Gasteiger partial charge < -0.3 is 4.90 Å². The minimum atomic E-state index is -0.535. The van der Waals surface area contributed by atoms with Crippen LogP contribution >= 0.6 is 0 Å². The average Bonchev–Trinajstić information content (AvgIpc) is 2.66. The van der Waals surface area contributed by atoms with Crippen molar-refractivity contribution < 1.29 is 9.72 Å².